The maximum atomic E-state index is 12.4. The van der Waals surface area contributed by atoms with E-state index < -0.39 is 10.0 Å². The van der Waals surface area contributed by atoms with Crippen molar-refractivity contribution in [2.45, 2.75) is 32.1 Å². The highest BCUT2D eigenvalue weighted by Gasteiger charge is 2.17. The van der Waals surface area contributed by atoms with Crippen LogP contribution in [0.25, 0.3) is 0 Å². The van der Waals surface area contributed by atoms with Crippen LogP contribution in [0.1, 0.15) is 24.5 Å². The largest absolute Gasteiger partial charge is 0.369 e. The zero-order valence-corrected chi connectivity index (χ0v) is 13.7. The van der Waals surface area contributed by atoms with E-state index in [1.54, 1.807) is 31.2 Å². The van der Waals surface area contributed by atoms with Gasteiger partial charge < -0.3 is 5.32 Å². The number of nitrogens with one attached hydrogen (secondary N) is 2. The van der Waals surface area contributed by atoms with E-state index in [4.69, 9.17) is 0 Å². The quantitative estimate of drug-likeness (QED) is 0.855. The number of rotatable bonds is 6. The fourth-order valence-corrected chi connectivity index (χ4v) is 3.25. The average molecular weight is 320 g/mol. The van der Waals surface area contributed by atoms with Crippen molar-refractivity contribution in [2.24, 2.45) is 0 Å². The van der Waals surface area contributed by atoms with Crippen LogP contribution in [0.3, 0.4) is 0 Å². The van der Waals surface area contributed by atoms with Gasteiger partial charge in [0.05, 0.1) is 4.90 Å². The minimum absolute atomic E-state index is 0.197. The first-order valence-electron chi connectivity index (χ1n) is 7.10. The molecule has 0 saturated carbocycles. The molecule has 0 bridgehead atoms. The molecule has 1 heterocycles. The van der Waals surface area contributed by atoms with Crippen molar-refractivity contribution in [1.29, 1.82) is 0 Å². The van der Waals surface area contributed by atoms with Crippen LogP contribution < -0.4 is 10.0 Å². The van der Waals surface area contributed by atoms with Crippen LogP contribution in [0, 0.1) is 13.8 Å². The van der Waals surface area contributed by atoms with Gasteiger partial charge in [0.1, 0.15) is 5.82 Å². The van der Waals surface area contributed by atoms with Crippen molar-refractivity contribution in [3.63, 3.8) is 0 Å². The Morgan fingerprint density at radius 1 is 1.05 bits per heavy atom. The van der Waals surface area contributed by atoms with E-state index in [1.807, 2.05) is 19.9 Å². The third kappa shape index (κ3) is 3.94. The fraction of sp³-hybridized carbons (Fsp3) is 0.333. The lowest BCUT2D eigenvalue weighted by atomic mass is 10.2. The number of sulfonamides is 1. The van der Waals surface area contributed by atoms with E-state index in [1.165, 1.54) is 0 Å². The van der Waals surface area contributed by atoms with E-state index in [9.17, 15) is 8.42 Å². The van der Waals surface area contributed by atoms with Crippen LogP contribution >= 0.6 is 0 Å². The molecule has 0 atom stereocenters. The molecule has 0 aliphatic rings. The van der Waals surface area contributed by atoms with Crippen molar-refractivity contribution in [3.05, 3.63) is 41.5 Å². The van der Waals surface area contributed by atoms with Crippen LogP contribution in [0.2, 0.25) is 0 Å². The second-order valence-corrected chi connectivity index (χ2v) is 6.76. The molecule has 2 aromatic rings. The molecule has 2 rings (SSSR count). The first-order valence-corrected chi connectivity index (χ1v) is 8.58. The van der Waals surface area contributed by atoms with Gasteiger partial charge in [-0.05, 0) is 49.6 Å². The maximum Gasteiger partial charge on any atom is 0.263 e. The molecule has 22 heavy (non-hydrogen) atoms. The standard InChI is InChI=1S/C15H20N4O2S/c1-4-9-16-14-7-8-15(18-17-14)19-22(20,21)13-10-11(2)5-6-12(13)3/h5-8,10H,4,9H2,1-3H3,(H,16,17)(H,18,19). The molecular formula is C15H20N4O2S. The van der Waals surface area contributed by atoms with Crippen molar-refractivity contribution < 1.29 is 8.42 Å². The van der Waals surface area contributed by atoms with Gasteiger partial charge in [0.25, 0.3) is 10.0 Å². The third-order valence-electron chi connectivity index (χ3n) is 3.09. The molecule has 0 radical (unpaired) electrons. The normalized spacial score (nSPS) is 11.2. The molecule has 0 spiro atoms. The molecule has 0 fully saturated rings. The molecule has 118 valence electrons. The van der Waals surface area contributed by atoms with Gasteiger partial charge in [0.2, 0.25) is 0 Å². The second-order valence-electron chi connectivity index (χ2n) is 5.11. The zero-order chi connectivity index (χ0) is 16.2. The number of nitrogens with zero attached hydrogens (tertiary/aromatic N) is 2. The van der Waals surface area contributed by atoms with Crippen LogP contribution in [-0.4, -0.2) is 25.2 Å². The van der Waals surface area contributed by atoms with Crippen LogP contribution in [0.4, 0.5) is 11.6 Å². The monoisotopic (exact) mass is 320 g/mol. The van der Waals surface area contributed by atoms with E-state index >= 15 is 0 Å². The molecule has 0 unspecified atom stereocenters. The second kappa shape index (κ2) is 6.74. The van der Waals surface area contributed by atoms with Crippen LogP contribution in [-0.2, 0) is 10.0 Å². The highest BCUT2D eigenvalue weighted by Crippen LogP contribution is 2.19. The van der Waals surface area contributed by atoms with Crippen LogP contribution in [0.5, 0.6) is 0 Å². The van der Waals surface area contributed by atoms with Gasteiger partial charge in [0, 0.05) is 6.54 Å². The molecule has 0 aliphatic carbocycles. The number of benzene rings is 1. The van der Waals surface area contributed by atoms with Gasteiger partial charge >= 0.3 is 0 Å². The summed E-state index contributed by atoms with van der Waals surface area (Å²) in [5.41, 5.74) is 1.57. The highest BCUT2D eigenvalue weighted by atomic mass is 32.2. The van der Waals surface area contributed by atoms with Gasteiger partial charge in [-0.1, -0.05) is 19.1 Å². The molecule has 0 saturated heterocycles. The Bertz CT molecular complexity index is 743. The summed E-state index contributed by atoms with van der Waals surface area (Å²) in [4.78, 5) is 0.252. The van der Waals surface area contributed by atoms with Gasteiger partial charge in [-0.3, -0.25) is 4.72 Å². The zero-order valence-electron chi connectivity index (χ0n) is 12.9. The summed E-state index contributed by atoms with van der Waals surface area (Å²) in [6, 6.07) is 8.59. The molecule has 1 aromatic heterocycles. The Morgan fingerprint density at radius 3 is 2.36 bits per heavy atom. The Hall–Kier alpha value is -2.15. The lowest BCUT2D eigenvalue weighted by Crippen LogP contribution is -2.16. The molecule has 2 N–H and O–H groups in total. The summed E-state index contributed by atoms with van der Waals surface area (Å²) >= 11 is 0. The van der Waals surface area contributed by atoms with Gasteiger partial charge in [-0.25, -0.2) is 8.42 Å². The first kappa shape index (κ1) is 16.2. The van der Waals surface area contributed by atoms with Gasteiger partial charge in [-0.2, -0.15) is 0 Å². The lowest BCUT2D eigenvalue weighted by molar-refractivity contribution is 0.600. The third-order valence-corrected chi connectivity index (χ3v) is 4.59. The number of anilines is 2. The predicted molar refractivity (Wildman–Crippen MR) is 87.5 cm³/mol. The number of hydrogen-bond donors (Lipinski definition) is 2. The van der Waals surface area contributed by atoms with E-state index in [-0.39, 0.29) is 10.7 Å². The first-order chi connectivity index (χ1) is 10.4. The van der Waals surface area contributed by atoms with E-state index in [0.29, 0.717) is 11.4 Å². The SMILES string of the molecule is CCCNc1ccc(NS(=O)(=O)c2cc(C)ccc2C)nn1. The van der Waals surface area contributed by atoms with Crippen molar-refractivity contribution >= 4 is 21.7 Å². The van der Waals surface area contributed by atoms with E-state index in [0.717, 1.165) is 18.5 Å². The summed E-state index contributed by atoms with van der Waals surface area (Å²) in [6.07, 6.45) is 0.975. The van der Waals surface area contributed by atoms with Gasteiger partial charge in [0.15, 0.2) is 5.82 Å². The Labute approximate surface area is 131 Å². The van der Waals surface area contributed by atoms with Crippen molar-refractivity contribution in [2.75, 3.05) is 16.6 Å². The average Bonchev–Trinajstić information content (AvgIpc) is 2.48. The summed E-state index contributed by atoms with van der Waals surface area (Å²) in [5.74, 6) is 0.819. The predicted octanol–water partition coefficient (Wildman–Crippen LogP) is 2.72. The summed E-state index contributed by atoms with van der Waals surface area (Å²) < 4.78 is 27.3. The number of aryl methyl sites for hydroxylation is 2. The Balaban J connectivity index is 2.20. The molecule has 1 aromatic carbocycles. The highest BCUT2D eigenvalue weighted by molar-refractivity contribution is 7.92. The summed E-state index contributed by atoms with van der Waals surface area (Å²) in [5, 5.41) is 10.9. The number of aromatic nitrogens is 2. The minimum Gasteiger partial charge on any atom is -0.369 e. The Kier molecular flexibility index (Phi) is 4.97. The molecular weight excluding hydrogens is 300 g/mol. The number of hydrogen-bond acceptors (Lipinski definition) is 5. The van der Waals surface area contributed by atoms with Gasteiger partial charge in [-0.15, -0.1) is 10.2 Å². The lowest BCUT2D eigenvalue weighted by Gasteiger charge is -2.10. The molecule has 0 aliphatic heterocycles. The van der Waals surface area contributed by atoms with Crippen molar-refractivity contribution in [3.8, 4) is 0 Å². The molecule has 6 nitrogen and oxygen atoms in total. The minimum atomic E-state index is -3.67. The van der Waals surface area contributed by atoms with Crippen molar-refractivity contribution in [1.82, 2.24) is 10.2 Å². The Morgan fingerprint density at radius 2 is 1.73 bits per heavy atom. The summed E-state index contributed by atoms with van der Waals surface area (Å²) in [7, 11) is -3.67. The molecule has 0 amide bonds. The smallest absolute Gasteiger partial charge is 0.263 e. The fourth-order valence-electron chi connectivity index (χ4n) is 1.92. The van der Waals surface area contributed by atoms with Crippen LogP contribution in [0.15, 0.2) is 35.2 Å². The molecule has 7 heteroatoms. The topological polar surface area (TPSA) is 84.0 Å². The maximum absolute atomic E-state index is 12.4. The van der Waals surface area contributed by atoms with E-state index in [2.05, 4.69) is 20.2 Å². The summed E-state index contributed by atoms with van der Waals surface area (Å²) in [6.45, 7) is 6.46.